The van der Waals surface area contributed by atoms with E-state index in [-0.39, 0.29) is 0 Å². The monoisotopic (exact) mass is 1300 g/mol. The first kappa shape index (κ1) is 56.2. The number of hydrogen-bond donors (Lipinski definition) is 0. The Kier molecular flexibility index (Phi) is 12.0. The molecule has 0 atom stereocenters. The zero-order chi connectivity index (χ0) is 66.7. The molecule has 0 aliphatic carbocycles. The minimum atomic E-state index is 0.552. The maximum Gasteiger partial charge on any atom is 0.164 e. The molecule has 0 fully saturated rings. The van der Waals surface area contributed by atoms with E-state index in [0.717, 1.165) is 106 Å². The second-order valence-electron chi connectivity index (χ2n) is 26.7. The molecule has 7 heterocycles. The zero-order valence-electron chi connectivity index (χ0n) is 54.9. The average molecular weight is 1300 g/mol. The van der Waals surface area contributed by atoms with Crippen molar-refractivity contribution >= 4 is 131 Å². The predicted octanol–water partition coefficient (Wildman–Crippen LogP) is 23.5. The van der Waals surface area contributed by atoms with Gasteiger partial charge in [-0.15, -0.1) is 0 Å². The van der Waals surface area contributed by atoms with Crippen molar-refractivity contribution in [3.05, 3.63) is 346 Å². The fourth-order valence-electron chi connectivity index (χ4n) is 17.0. The van der Waals surface area contributed by atoms with E-state index in [2.05, 4.69) is 373 Å². The van der Waals surface area contributed by atoms with Crippen molar-refractivity contribution in [2.24, 2.45) is 0 Å². The number of benzene rings is 15. The van der Waals surface area contributed by atoms with E-state index >= 15 is 0 Å². The normalized spacial score (nSPS) is 12.1. The van der Waals surface area contributed by atoms with Crippen molar-refractivity contribution in [2.45, 2.75) is 0 Å². The summed E-state index contributed by atoms with van der Waals surface area (Å²) in [7, 11) is 0. The standard InChI is InChI=1S/C93H57N9/c1-4-28-61(29-5-1)98-78-43-16-10-37-67(78)72-53-54-84-85(86(72)98)77-42-15-21-48-83(77)97(84)64-34-22-25-58(55-64)91-94-92(59-26-23-35-65(56-59)101-81-46-19-13-40-70(81)75-51-49-73-68-38-11-17-44-79(68)99(87(73)89(75)101)62-30-6-2-7-31-62)96-93(95-91)60-27-24-36-66(57-60)102-82-47-20-14-41-71(82)76-52-50-74-69-39-12-18-45-80(69)100(88(74)90(76)102)63-32-8-3-9-33-63/h1-57H. The first-order valence-corrected chi connectivity index (χ1v) is 34.8. The van der Waals surface area contributed by atoms with Crippen molar-refractivity contribution in [1.29, 1.82) is 0 Å². The Morgan fingerprint density at radius 3 is 0.745 bits per heavy atom. The van der Waals surface area contributed by atoms with Crippen LogP contribution >= 0.6 is 0 Å². The van der Waals surface area contributed by atoms with Crippen LogP contribution < -0.4 is 0 Å². The molecule has 7 aromatic heterocycles. The van der Waals surface area contributed by atoms with Gasteiger partial charge in [0.15, 0.2) is 17.5 Å². The molecular weight excluding hydrogens is 1240 g/mol. The van der Waals surface area contributed by atoms with E-state index in [1.54, 1.807) is 0 Å². The SMILES string of the molecule is c1ccc(-n2c3ccccc3c3ccc4c(c5ccccc5n4-c4cccc(-c5nc(-c6cccc(-n7c8ccccc8c8ccc9c%10ccccc%10n(-c%10ccccc%10)c9c87)c6)nc(-c6cccc(-n7c8ccccc8c8ccc9c%10ccccc%10n(-c%10ccccc%10)c9c87)c6)n5)c4)c32)cc1. The quantitative estimate of drug-likeness (QED) is 0.145. The molecule has 102 heavy (non-hydrogen) atoms. The molecular formula is C93H57N9. The highest BCUT2D eigenvalue weighted by Gasteiger charge is 2.27. The highest BCUT2D eigenvalue weighted by molar-refractivity contribution is 6.28. The van der Waals surface area contributed by atoms with Crippen LogP contribution in [-0.4, -0.2) is 42.4 Å². The second kappa shape index (κ2) is 21.8. The number of rotatable bonds is 9. The Bertz CT molecular complexity index is 6950. The van der Waals surface area contributed by atoms with Crippen LogP contribution in [0.15, 0.2) is 346 Å². The molecule has 0 N–H and O–H groups in total. The smallest absolute Gasteiger partial charge is 0.164 e. The summed E-state index contributed by atoms with van der Waals surface area (Å²) in [6.07, 6.45) is 0. The van der Waals surface area contributed by atoms with Crippen LogP contribution in [0.5, 0.6) is 0 Å². The molecule has 0 aliphatic rings. The van der Waals surface area contributed by atoms with Gasteiger partial charge in [0.05, 0.1) is 66.2 Å². The largest absolute Gasteiger partial charge is 0.309 e. The number of aromatic nitrogens is 9. The molecule has 0 saturated heterocycles. The van der Waals surface area contributed by atoms with Crippen molar-refractivity contribution < 1.29 is 0 Å². The van der Waals surface area contributed by atoms with Crippen molar-refractivity contribution in [1.82, 2.24) is 42.4 Å². The minimum absolute atomic E-state index is 0.552. The van der Waals surface area contributed by atoms with Gasteiger partial charge >= 0.3 is 0 Å². The summed E-state index contributed by atoms with van der Waals surface area (Å²) in [4.78, 5) is 16.9. The molecule has 0 bridgehead atoms. The van der Waals surface area contributed by atoms with E-state index in [1.807, 2.05) is 0 Å². The molecule has 9 heteroatoms. The maximum atomic E-state index is 5.64. The van der Waals surface area contributed by atoms with Gasteiger partial charge in [-0.2, -0.15) is 0 Å². The second-order valence-corrected chi connectivity index (χ2v) is 26.7. The molecule has 474 valence electrons. The van der Waals surface area contributed by atoms with Gasteiger partial charge in [0.25, 0.3) is 0 Å². The van der Waals surface area contributed by atoms with Crippen molar-refractivity contribution in [3.63, 3.8) is 0 Å². The highest BCUT2D eigenvalue weighted by atomic mass is 15.1. The molecule has 9 nitrogen and oxygen atoms in total. The number of nitrogens with zero attached hydrogens (tertiary/aromatic N) is 9. The third-order valence-electron chi connectivity index (χ3n) is 21.2. The summed E-state index contributed by atoms with van der Waals surface area (Å²) < 4.78 is 14.6. The van der Waals surface area contributed by atoms with E-state index in [0.29, 0.717) is 17.5 Å². The third-order valence-corrected chi connectivity index (χ3v) is 21.2. The van der Waals surface area contributed by atoms with Crippen LogP contribution in [0, 0.1) is 0 Å². The maximum absolute atomic E-state index is 5.64. The molecule has 0 amide bonds. The van der Waals surface area contributed by atoms with Gasteiger partial charge in [-0.3, -0.25) is 0 Å². The lowest BCUT2D eigenvalue weighted by Gasteiger charge is -2.15. The topological polar surface area (TPSA) is 68.2 Å². The minimum Gasteiger partial charge on any atom is -0.309 e. The lowest BCUT2D eigenvalue weighted by Crippen LogP contribution is -2.03. The summed E-state index contributed by atoms with van der Waals surface area (Å²) in [5, 5.41) is 14.2. The molecule has 0 spiro atoms. The van der Waals surface area contributed by atoms with Gasteiger partial charge in [0.2, 0.25) is 0 Å². The Hall–Kier alpha value is -13.9. The molecule has 0 radical (unpaired) electrons. The number of fused-ring (bicyclic) bond motifs is 21. The first-order chi connectivity index (χ1) is 50.6. The highest BCUT2D eigenvalue weighted by Crippen LogP contribution is 2.47. The third kappa shape index (κ3) is 8.12. The van der Waals surface area contributed by atoms with E-state index in [4.69, 9.17) is 15.0 Å². The molecule has 0 aliphatic heterocycles. The first-order valence-electron chi connectivity index (χ1n) is 34.8. The van der Waals surface area contributed by atoms with Crippen LogP contribution in [0.2, 0.25) is 0 Å². The summed E-state index contributed by atoms with van der Waals surface area (Å²) >= 11 is 0. The van der Waals surface area contributed by atoms with Gasteiger partial charge in [0, 0.05) is 115 Å². The van der Waals surface area contributed by atoms with E-state index in [9.17, 15) is 0 Å². The lowest BCUT2D eigenvalue weighted by molar-refractivity contribution is 1.07. The van der Waals surface area contributed by atoms with Gasteiger partial charge in [0.1, 0.15) is 0 Å². The van der Waals surface area contributed by atoms with Gasteiger partial charge in [-0.1, -0.05) is 231 Å². The summed E-state index contributed by atoms with van der Waals surface area (Å²) in [5.41, 5.74) is 22.4. The fraction of sp³-hybridized carbons (Fsp3) is 0. The molecule has 0 unspecified atom stereocenters. The summed E-state index contributed by atoms with van der Waals surface area (Å²) in [5.74, 6) is 1.66. The van der Waals surface area contributed by atoms with Crippen LogP contribution in [-0.2, 0) is 0 Å². The Balaban J connectivity index is 0.778. The van der Waals surface area contributed by atoms with Gasteiger partial charge < -0.3 is 27.4 Å². The summed E-state index contributed by atoms with van der Waals surface area (Å²) in [6, 6.07) is 125. The number of para-hydroxylation sites is 9. The fourth-order valence-corrected chi connectivity index (χ4v) is 17.0. The van der Waals surface area contributed by atoms with Crippen LogP contribution in [0.25, 0.3) is 199 Å². The van der Waals surface area contributed by atoms with Gasteiger partial charge in [-0.05, 0) is 115 Å². The number of hydrogen-bond acceptors (Lipinski definition) is 3. The Labute approximate surface area is 583 Å². The average Bonchev–Trinajstić information content (AvgIpc) is 1.55. The van der Waals surface area contributed by atoms with Crippen molar-refractivity contribution in [2.75, 3.05) is 0 Å². The van der Waals surface area contributed by atoms with Gasteiger partial charge in [-0.25, -0.2) is 15.0 Å². The lowest BCUT2D eigenvalue weighted by atomic mass is 10.1. The summed E-state index contributed by atoms with van der Waals surface area (Å²) in [6.45, 7) is 0. The molecule has 15 aromatic carbocycles. The van der Waals surface area contributed by atoms with Crippen LogP contribution in [0.4, 0.5) is 0 Å². The Morgan fingerprint density at radius 2 is 0.402 bits per heavy atom. The van der Waals surface area contributed by atoms with E-state index in [1.165, 1.54) is 75.7 Å². The zero-order valence-corrected chi connectivity index (χ0v) is 54.9. The van der Waals surface area contributed by atoms with Crippen LogP contribution in [0.3, 0.4) is 0 Å². The van der Waals surface area contributed by atoms with Crippen LogP contribution in [0.1, 0.15) is 0 Å². The molecule has 22 aromatic rings. The predicted molar refractivity (Wildman–Crippen MR) is 422 cm³/mol. The molecule has 22 rings (SSSR count). The van der Waals surface area contributed by atoms with E-state index < -0.39 is 0 Å². The Morgan fingerprint density at radius 1 is 0.157 bits per heavy atom. The van der Waals surface area contributed by atoms with Crippen molar-refractivity contribution in [3.8, 4) is 68.3 Å². The molecule has 0 saturated carbocycles.